The lowest BCUT2D eigenvalue weighted by molar-refractivity contribution is -0.122. The number of anilines is 2. The zero-order chi connectivity index (χ0) is 14.4. The molecule has 0 bridgehead atoms. The van der Waals surface area contributed by atoms with Crippen LogP contribution in [0.1, 0.15) is 27.7 Å². The van der Waals surface area contributed by atoms with Gasteiger partial charge in [-0.15, -0.1) is 0 Å². The molecule has 0 aliphatic rings. The molecule has 0 radical (unpaired) electrons. The van der Waals surface area contributed by atoms with Crippen LogP contribution in [0.15, 0.2) is 10.7 Å². The molecule has 0 saturated heterocycles. The highest BCUT2D eigenvalue weighted by Gasteiger charge is 2.15. The molecule has 1 atom stereocenters. The summed E-state index contributed by atoms with van der Waals surface area (Å²) in [6.07, 6.45) is 1.65. The molecule has 3 N–H and O–H groups in total. The van der Waals surface area contributed by atoms with Crippen LogP contribution in [0.5, 0.6) is 0 Å². The number of nitrogens with one attached hydrogen (secondary N) is 3. The number of amides is 1. The van der Waals surface area contributed by atoms with Crippen molar-refractivity contribution in [3.63, 3.8) is 0 Å². The lowest BCUT2D eigenvalue weighted by Crippen LogP contribution is -2.41. The predicted molar refractivity (Wildman–Crippen MR) is 80.3 cm³/mol. The van der Waals surface area contributed by atoms with Gasteiger partial charge in [0.15, 0.2) is 0 Å². The first-order valence-electron chi connectivity index (χ1n) is 6.27. The van der Waals surface area contributed by atoms with E-state index in [1.807, 2.05) is 20.8 Å². The van der Waals surface area contributed by atoms with Crippen molar-refractivity contribution in [3.8, 4) is 0 Å². The normalized spacial score (nSPS) is 12.1. The summed E-state index contributed by atoms with van der Waals surface area (Å²) in [6.45, 7) is 8.35. The first-order chi connectivity index (χ1) is 8.93. The van der Waals surface area contributed by atoms with Crippen molar-refractivity contribution in [3.05, 3.63) is 10.7 Å². The van der Waals surface area contributed by atoms with Gasteiger partial charge in [0.05, 0.1) is 4.47 Å². The Bertz CT molecular complexity index is 438. The predicted octanol–water partition coefficient (Wildman–Crippen LogP) is 2.00. The van der Waals surface area contributed by atoms with Gasteiger partial charge in [-0.05, 0) is 43.6 Å². The van der Waals surface area contributed by atoms with E-state index in [0.717, 1.165) is 11.0 Å². The number of rotatable bonds is 6. The van der Waals surface area contributed by atoms with Crippen molar-refractivity contribution in [2.75, 3.05) is 17.2 Å². The highest BCUT2D eigenvalue weighted by atomic mass is 79.9. The molecule has 106 valence electrons. The third-order valence-electron chi connectivity index (χ3n) is 2.26. The minimum Gasteiger partial charge on any atom is -0.358 e. The lowest BCUT2D eigenvalue weighted by atomic mass is 10.3. The number of aromatic nitrogens is 2. The molecule has 19 heavy (non-hydrogen) atoms. The van der Waals surface area contributed by atoms with Crippen LogP contribution in [0.4, 0.5) is 11.8 Å². The number of hydrogen-bond donors (Lipinski definition) is 3. The maximum atomic E-state index is 11.8. The topological polar surface area (TPSA) is 78.9 Å². The van der Waals surface area contributed by atoms with Gasteiger partial charge in [-0.3, -0.25) is 4.79 Å². The molecule has 0 spiro atoms. The van der Waals surface area contributed by atoms with Crippen LogP contribution in [0.25, 0.3) is 0 Å². The lowest BCUT2D eigenvalue weighted by Gasteiger charge is -2.17. The SMILES string of the molecule is CCNc1ncc(Br)c(NC(C)C(=O)NC(C)C)n1. The van der Waals surface area contributed by atoms with Crippen molar-refractivity contribution in [2.24, 2.45) is 0 Å². The molecule has 1 amide bonds. The monoisotopic (exact) mass is 329 g/mol. The van der Waals surface area contributed by atoms with Gasteiger partial charge in [0.2, 0.25) is 11.9 Å². The van der Waals surface area contributed by atoms with Gasteiger partial charge in [0.1, 0.15) is 11.9 Å². The first-order valence-corrected chi connectivity index (χ1v) is 7.06. The summed E-state index contributed by atoms with van der Waals surface area (Å²) in [7, 11) is 0. The van der Waals surface area contributed by atoms with Gasteiger partial charge in [0.25, 0.3) is 0 Å². The maximum Gasteiger partial charge on any atom is 0.242 e. The Morgan fingerprint density at radius 3 is 2.68 bits per heavy atom. The highest BCUT2D eigenvalue weighted by molar-refractivity contribution is 9.10. The number of hydrogen-bond acceptors (Lipinski definition) is 5. The summed E-state index contributed by atoms with van der Waals surface area (Å²) >= 11 is 3.36. The van der Waals surface area contributed by atoms with E-state index in [9.17, 15) is 4.79 Å². The van der Waals surface area contributed by atoms with Crippen LogP contribution in [-0.2, 0) is 4.79 Å². The molecule has 1 aromatic rings. The molecule has 1 rings (SSSR count). The van der Waals surface area contributed by atoms with Gasteiger partial charge in [-0.2, -0.15) is 4.98 Å². The van der Waals surface area contributed by atoms with E-state index in [1.165, 1.54) is 0 Å². The fourth-order valence-corrected chi connectivity index (χ4v) is 1.70. The second-order valence-electron chi connectivity index (χ2n) is 4.45. The van der Waals surface area contributed by atoms with E-state index in [0.29, 0.717) is 11.8 Å². The minimum atomic E-state index is -0.372. The molecule has 1 heterocycles. The Kier molecular flexibility index (Phi) is 6.01. The second kappa shape index (κ2) is 7.28. The van der Waals surface area contributed by atoms with E-state index in [1.54, 1.807) is 13.1 Å². The highest BCUT2D eigenvalue weighted by Crippen LogP contribution is 2.20. The molecule has 1 aromatic heterocycles. The largest absolute Gasteiger partial charge is 0.358 e. The summed E-state index contributed by atoms with van der Waals surface area (Å²) in [5.41, 5.74) is 0. The molecular weight excluding hydrogens is 310 g/mol. The third kappa shape index (κ3) is 5.02. The third-order valence-corrected chi connectivity index (χ3v) is 2.84. The molecule has 6 nitrogen and oxygen atoms in total. The summed E-state index contributed by atoms with van der Waals surface area (Å²) in [4.78, 5) is 20.3. The van der Waals surface area contributed by atoms with E-state index in [2.05, 4.69) is 41.8 Å². The number of carbonyl (C=O) groups is 1. The fraction of sp³-hybridized carbons (Fsp3) is 0.583. The Labute approximate surface area is 121 Å². The Morgan fingerprint density at radius 1 is 1.42 bits per heavy atom. The molecule has 0 aliphatic heterocycles. The van der Waals surface area contributed by atoms with Gasteiger partial charge >= 0.3 is 0 Å². The van der Waals surface area contributed by atoms with Crippen molar-refractivity contribution < 1.29 is 4.79 Å². The summed E-state index contributed by atoms with van der Waals surface area (Å²) < 4.78 is 0.721. The maximum absolute atomic E-state index is 11.8. The van der Waals surface area contributed by atoms with Gasteiger partial charge in [-0.25, -0.2) is 4.98 Å². The van der Waals surface area contributed by atoms with Gasteiger partial charge < -0.3 is 16.0 Å². The number of nitrogens with zero attached hydrogens (tertiary/aromatic N) is 2. The van der Waals surface area contributed by atoms with Gasteiger partial charge in [-0.1, -0.05) is 0 Å². The average Bonchev–Trinajstić information content (AvgIpc) is 2.32. The fourth-order valence-electron chi connectivity index (χ4n) is 1.39. The van der Waals surface area contributed by atoms with Gasteiger partial charge in [0, 0.05) is 18.8 Å². The van der Waals surface area contributed by atoms with Crippen molar-refractivity contribution in [1.29, 1.82) is 0 Å². The Morgan fingerprint density at radius 2 is 2.11 bits per heavy atom. The Hall–Kier alpha value is -1.37. The zero-order valence-electron chi connectivity index (χ0n) is 11.6. The van der Waals surface area contributed by atoms with Crippen LogP contribution in [0, 0.1) is 0 Å². The van der Waals surface area contributed by atoms with Crippen LogP contribution in [0.3, 0.4) is 0 Å². The molecule has 0 saturated carbocycles. The molecule has 0 fully saturated rings. The quantitative estimate of drug-likeness (QED) is 0.743. The summed E-state index contributed by atoms with van der Waals surface area (Å²) in [5.74, 6) is 1.06. The van der Waals surface area contributed by atoms with Crippen LogP contribution in [-0.4, -0.2) is 34.5 Å². The van der Waals surface area contributed by atoms with Crippen LogP contribution in [0.2, 0.25) is 0 Å². The molecular formula is C12H20BrN5O. The van der Waals surface area contributed by atoms with Crippen LogP contribution >= 0.6 is 15.9 Å². The standard InChI is InChI=1S/C12H20BrN5O/c1-5-14-12-15-6-9(13)10(18-12)17-8(4)11(19)16-7(2)3/h6-8H,5H2,1-4H3,(H,16,19)(H2,14,15,17,18). The summed E-state index contributed by atoms with van der Waals surface area (Å²) in [6, 6.07) is -0.258. The number of carbonyl (C=O) groups excluding carboxylic acids is 1. The van der Waals surface area contributed by atoms with Crippen molar-refractivity contribution in [2.45, 2.75) is 39.8 Å². The van der Waals surface area contributed by atoms with E-state index in [4.69, 9.17) is 0 Å². The summed E-state index contributed by atoms with van der Waals surface area (Å²) in [5, 5.41) is 8.94. The van der Waals surface area contributed by atoms with Crippen LogP contribution < -0.4 is 16.0 Å². The van der Waals surface area contributed by atoms with E-state index >= 15 is 0 Å². The van der Waals surface area contributed by atoms with E-state index in [-0.39, 0.29) is 18.0 Å². The number of halogens is 1. The molecule has 0 aromatic carbocycles. The minimum absolute atomic E-state index is 0.0643. The zero-order valence-corrected chi connectivity index (χ0v) is 13.2. The van der Waals surface area contributed by atoms with E-state index < -0.39 is 0 Å². The van der Waals surface area contributed by atoms with Crippen molar-refractivity contribution in [1.82, 2.24) is 15.3 Å². The van der Waals surface area contributed by atoms with Crippen molar-refractivity contribution >= 4 is 33.6 Å². The first kappa shape index (κ1) is 15.7. The molecule has 1 unspecified atom stereocenters. The average molecular weight is 330 g/mol. The molecule has 7 heteroatoms. The molecule has 0 aliphatic carbocycles. The smallest absolute Gasteiger partial charge is 0.242 e. The Balaban J connectivity index is 2.75. The second-order valence-corrected chi connectivity index (χ2v) is 5.30.